The van der Waals surface area contributed by atoms with Gasteiger partial charge in [0.25, 0.3) is 0 Å². The van der Waals surface area contributed by atoms with Gasteiger partial charge in [-0.25, -0.2) is 0 Å². The van der Waals surface area contributed by atoms with E-state index in [1.54, 1.807) is 0 Å². The Labute approximate surface area is 80.8 Å². The summed E-state index contributed by atoms with van der Waals surface area (Å²) in [4.78, 5) is 10.7. The number of carbonyl (C=O) groups is 1. The molecule has 1 nitrogen and oxygen atoms in total. The molecule has 0 bridgehead atoms. The Balaban J connectivity index is 3.32. The molecule has 0 saturated carbocycles. The fourth-order valence-corrected chi connectivity index (χ4v) is 3.46. The molecule has 70 valence electrons. The first-order valence-electron chi connectivity index (χ1n) is 4.52. The normalized spacial score (nSPS) is 11.4. The van der Waals surface area contributed by atoms with Gasteiger partial charge in [-0.15, -0.1) is 0 Å². The summed E-state index contributed by atoms with van der Waals surface area (Å²) in [5, 5.41) is 1.39. The van der Waals surface area contributed by atoms with Crippen LogP contribution in [0.2, 0.25) is 19.6 Å². The van der Waals surface area contributed by atoms with Crippen molar-refractivity contribution in [3.05, 3.63) is 29.3 Å². The van der Waals surface area contributed by atoms with E-state index in [4.69, 9.17) is 0 Å². The average molecular weight is 192 g/mol. The lowest BCUT2D eigenvalue weighted by Gasteiger charge is -2.20. The highest BCUT2D eigenvalue weighted by atomic mass is 28.3. The van der Waals surface area contributed by atoms with Gasteiger partial charge in [0.05, 0.1) is 8.07 Å². The minimum atomic E-state index is -1.28. The molecular formula is C11H16OSi. The maximum absolute atomic E-state index is 10.7. The molecule has 2 heteroatoms. The van der Waals surface area contributed by atoms with Gasteiger partial charge in [-0.3, -0.25) is 4.79 Å². The lowest BCUT2D eigenvalue weighted by Crippen LogP contribution is -2.39. The van der Waals surface area contributed by atoms with Gasteiger partial charge in [0.1, 0.15) is 6.29 Å². The number of aldehydes is 1. The van der Waals surface area contributed by atoms with E-state index in [-0.39, 0.29) is 0 Å². The van der Waals surface area contributed by atoms with Crippen molar-refractivity contribution in [3.8, 4) is 0 Å². The lowest BCUT2D eigenvalue weighted by molar-refractivity contribution is 0.112. The zero-order chi connectivity index (χ0) is 10.1. The molecule has 0 aliphatic heterocycles. The third-order valence-corrected chi connectivity index (χ3v) is 4.47. The Hall–Kier alpha value is -0.893. The van der Waals surface area contributed by atoms with Crippen molar-refractivity contribution in [2.24, 2.45) is 0 Å². The van der Waals surface area contributed by atoms with Gasteiger partial charge in [0.2, 0.25) is 0 Å². The van der Waals surface area contributed by atoms with Crippen molar-refractivity contribution in [2.45, 2.75) is 26.6 Å². The quantitative estimate of drug-likeness (QED) is 0.519. The molecule has 0 amide bonds. The molecule has 0 aliphatic rings. The van der Waals surface area contributed by atoms with Crippen molar-refractivity contribution < 1.29 is 4.79 Å². The number of benzene rings is 1. The summed E-state index contributed by atoms with van der Waals surface area (Å²) in [6.07, 6.45) is 0.943. The van der Waals surface area contributed by atoms with Gasteiger partial charge >= 0.3 is 0 Å². The minimum Gasteiger partial charge on any atom is -0.298 e. The second-order valence-electron chi connectivity index (χ2n) is 4.39. The Kier molecular flexibility index (Phi) is 2.71. The van der Waals surface area contributed by atoms with Gasteiger partial charge in [0.15, 0.2) is 0 Å². The highest BCUT2D eigenvalue weighted by Crippen LogP contribution is 2.09. The Morgan fingerprint density at radius 2 is 1.85 bits per heavy atom. The van der Waals surface area contributed by atoms with E-state index in [2.05, 4.69) is 25.7 Å². The Bertz CT molecular complexity index is 323. The smallest absolute Gasteiger partial charge is 0.150 e. The van der Waals surface area contributed by atoms with E-state index >= 15 is 0 Å². The van der Waals surface area contributed by atoms with Crippen molar-refractivity contribution in [2.75, 3.05) is 0 Å². The first-order chi connectivity index (χ1) is 5.96. The maximum atomic E-state index is 10.7. The molecule has 0 heterocycles. The van der Waals surface area contributed by atoms with Crippen molar-refractivity contribution >= 4 is 19.5 Å². The van der Waals surface area contributed by atoms with Gasteiger partial charge < -0.3 is 0 Å². The van der Waals surface area contributed by atoms with E-state index in [9.17, 15) is 4.79 Å². The zero-order valence-corrected chi connectivity index (χ0v) is 9.72. The maximum Gasteiger partial charge on any atom is 0.150 e. The van der Waals surface area contributed by atoms with Crippen LogP contribution in [0.5, 0.6) is 0 Å². The summed E-state index contributed by atoms with van der Waals surface area (Å²) in [6.45, 7) is 8.93. The van der Waals surface area contributed by atoms with E-state index in [0.29, 0.717) is 0 Å². The molecule has 1 aromatic carbocycles. The molecule has 1 rings (SSSR count). The number of hydrogen-bond donors (Lipinski definition) is 0. The van der Waals surface area contributed by atoms with Crippen LogP contribution in [0.3, 0.4) is 0 Å². The van der Waals surface area contributed by atoms with Gasteiger partial charge in [-0.05, 0) is 12.5 Å². The molecule has 0 aliphatic carbocycles. The molecule has 1 aromatic rings. The van der Waals surface area contributed by atoms with E-state index in [0.717, 1.165) is 17.4 Å². The Morgan fingerprint density at radius 3 is 2.31 bits per heavy atom. The van der Waals surface area contributed by atoms with E-state index < -0.39 is 8.07 Å². The van der Waals surface area contributed by atoms with Crippen LogP contribution in [0.4, 0.5) is 0 Å². The molecule has 0 radical (unpaired) electrons. The average Bonchev–Trinajstić information content (AvgIpc) is 2.02. The number of rotatable bonds is 2. The van der Waals surface area contributed by atoms with Gasteiger partial charge in [0, 0.05) is 5.56 Å². The van der Waals surface area contributed by atoms with Crippen LogP contribution in [0.15, 0.2) is 18.2 Å². The number of carbonyl (C=O) groups excluding carboxylic acids is 1. The summed E-state index contributed by atoms with van der Waals surface area (Å²) in [6, 6.07) is 6.00. The predicted octanol–water partition coefficient (Wildman–Crippen LogP) is 2.35. The van der Waals surface area contributed by atoms with Crippen molar-refractivity contribution in [1.82, 2.24) is 0 Å². The fraction of sp³-hybridized carbons (Fsp3) is 0.364. The second kappa shape index (κ2) is 3.46. The fourth-order valence-electron chi connectivity index (χ4n) is 1.59. The highest BCUT2D eigenvalue weighted by Gasteiger charge is 2.19. The topological polar surface area (TPSA) is 17.1 Å². The predicted molar refractivity (Wildman–Crippen MR) is 59.5 cm³/mol. The molecule has 0 N–H and O–H groups in total. The van der Waals surface area contributed by atoms with Crippen LogP contribution >= 0.6 is 0 Å². The summed E-state index contributed by atoms with van der Waals surface area (Å²) in [7, 11) is -1.28. The van der Waals surface area contributed by atoms with Crippen molar-refractivity contribution in [3.63, 3.8) is 0 Å². The molecule has 0 unspecified atom stereocenters. The molecule has 0 spiro atoms. The SMILES string of the molecule is Cc1c(C=O)cccc1[Si](C)(C)C. The number of hydrogen-bond acceptors (Lipinski definition) is 1. The molecular weight excluding hydrogens is 176 g/mol. The summed E-state index contributed by atoms with van der Waals surface area (Å²) < 4.78 is 0. The van der Waals surface area contributed by atoms with Gasteiger partial charge in [-0.2, -0.15) is 0 Å². The second-order valence-corrected chi connectivity index (χ2v) is 9.43. The molecule has 0 fully saturated rings. The Morgan fingerprint density at radius 1 is 1.23 bits per heavy atom. The molecule has 0 aromatic heterocycles. The highest BCUT2D eigenvalue weighted by molar-refractivity contribution is 6.89. The van der Waals surface area contributed by atoms with Crippen LogP contribution in [0.1, 0.15) is 15.9 Å². The third-order valence-electron chi connectivity index (χ3n) is 2.31. The first-order valence-corrected chi connectivity index (χ1v) is 8.02. The monoisotopic (exact) mass is 192 g/mol. The molecule has 0 saturated heterocycles. The largest absolute Gasteiger partial charge is 0.298 e. The van der Waals surface area contributed by atoms with Crippen LogP contribution < -0.4 is 5.19 Å². The van der Waals surface area contributed by atoms with E-state index in [1.165, 1.54) is 5.19 Å². The van der Waals surface area contributed by atoms with E-state index in [1.807, 2.05) is 19.1 Å². The lowest BCUT2D eigenvalue weighted by atomic mass is 10.1. The van der Waals surface area contributed by atoms with Crippen LogP contribution in [-0.4, -0.2) is 14.4 Å². The first kappa shape index (κ1) is 10.2. The minimum absolute atomic E-state index is 0.833. The zero-order valence-electron chi connectivity index (χ0n) is 8.72. The van der Waals surface area contributed by atoms with Crippen molar-refractivity contribution in [1.29, 1.82) is 0 Å². The molecule has 0 atom stereocenters. The van der Waals surface area contributed by atoms with Gasteiger partial charge in [-0.1, -0.05) is 43.0 Å². The van der Waals surface area contributed by atoms with Crippen LogP contribution in [0, 0.1) is 6.92 Å². The summed E-state index contributed by atoms with van der Waals surface area (Å²) >= 11 is 0. The standard InChI is InChI=1S/C11H16OSi/c1-9-10(8-12)6-5-7-11(9)13(2,3)4/h5-8H,1-4H3. The summed E-state index contributed by atoms with van der Waals surface area (Å²) in [5.41, 5.74) is 2.00. The summed E-state index contributed by atoms with van der Waals surface area (Å²) in [5.74, 6) is 0. The van der Waals surface area contributed by atoms with Crippen LogP contribution in [0.25, 0.3) is 0 Å². The third kappa shape index (κ3) is 2.07. The molecule has 13 heavy (non-hydrogen) atoms. The van der Waals surface area contributed by atoms with Crippen LogP contribution in [-0.2, 0) is 0 Å².